The molecule has 0 unspecified atom stereocenters. The van der Waals surface area contributed by atoms with Gasteiger partial charge in [0, 0.05) is 37.2 Å². The third kappa shape index (κ3) is 6.51. The molecule has 8 heteroatoms. The summed E-state index contributed by atoms with van der Waals surface area (Å²) in [5, 5.41) is 13.5. The van der Waals surface area contributed by atoms with Gasteiger partial charge in [0.25, 0.3) is 5.91 Å². The summed E-state index contributed by atoms with van der Waals surface area (Å²) in [6.07, 6.45) is 1.60. The van der Waals surface area contributed by atoms with Crippen molar-refractivity contribution in [1.29, 1.82) is 0 Å². The topological polar surface area (TPSA) is 101 Å². The monoisotopic (exact) mass is 401 g/mol. The average Bonchev–Trinajstić information content (AvgIpc) is 3.16. The molecule has 0 spiro atoms. The van der Waals surface area contributed by atoms with Crippen LogP contribution in [0.25, 0.3) is 0 Å². The molecule has 2 rings (SSSR count). The molecule has 29 heavy (non-hydrogen) atoms. The Bertz CT molecular complexity index is 795. The molecule has 0 aliphatic rings. The maximum atomic E-state index is 12.2. The largest absolute Gasteiger partial charge is 0.497 e. The summed E-state index contributed by atoms with van der Waals surface area (Å²) in [4.78, 5) is 16.9. The van der Waals surface area contributed by atoms with Crippen molar-refractivity contribution in [2.24, 2.45) is 4.99 Å². The van der Waals surface area contributed by atoms with E-state index >= 15 is 0 Å². The smallest absolute Gasteiger partial charge is 0.251 e. The van der Waals surface area contributed by atoms with E-state index in [2.05, 4.69) is 33.0 Å². The number of hydrogen-bond donors (Lipinski definition) is 3. The number of nitrogens with zero attached hydrogens (tertiary/aromatic N) is 2. The van der Waals surface area contributed by atoms with Crippen LogP contribution in [0.3, 0.4) is 0 Å². The molecule has 0 radical (unpaired) electrons. The van der Waals surface area contributed by atoms with Crippen LogP contribution in [0, 0.1) is 0 Å². The number of aliphatic imine (C=N–C) groups is 1. The Morgan fingerprint density at radius 2 is 1.93 bits per heavy atom. The lowest BCUT2D eigenvalue weighted by molar-refractivity contribution is 0.0954. The minimum absolute atomic E-state index is 0.141. The molecule has 0 fully saturated rings. The van der Waals surface area contributed by atoms with Gasteiger partial charge in [0.05, 0.1) is 19.3 Å². The SMILES string of the molecule is CCNC(=NCc1c(CC)noc1CC)NCCNC(=O)c1cccc(OC)c1. The minimum Gasteiger partial charge on any atom is -0.497 e. The van der Waals surface area contributed by atoms with Crippen LogP contribution in [0.1, 0.15) is 48.1 Å². The van der Waals surface area contributed by atoms with Gasteiger partial charge in [-0.3, -0.25) is 4.79 Å². The summed E-state index contributed by atoms with van der Waals surface area (Å²) >= 11 is 0. The molecule has 0 aliphatic heterocycles. The lowest BCUT2D eigenvalue weighted by atomic mass is 10.1. The molecule has 3 N–H and O–H groups in total. The number of carbonyl (C=O) groups is 1. The van der Waals surface area contributed by atoms with Crippen molar-refractivity contribution >= 4 is 11.9 Å². The molecule has 0 saturated heterocycles. The number of methoxy groups -OCH3 is 1. The van der Waals surface area contributed by atoms with Crippen LogP contribution >= 0.6 is 0 Å². The summed E-state index contributed by atoms with van der Waals surface area (Å²) in [7, 11) is 1.58. The summed E-state index contributed by atoms with van der Waals surface area (Å²) in [6.45, 7) is 8.37. The van der Waals surface area contributed by atoms with Crippen LogP contribution in [-0.4, -0.2) is 43.8 Å². The van der Waals surface area contributed by atoms with E-state index in [1.54, 1.807) is 31.4 Å². The lowest BCUT2D eigenvalue weighted by Gasteiger charge is -2.12. The summed E-state index contributed by atoms with van der Waals surface area (Å²) < 4.78 is 10.5. The molecule has 0 aliphatic carbocycles. The van der Waals surface area contributed by atoms with E-state index in [1.807, 2.05) is 13.8 Å². The van der Waals surface area contributed by atoms with Crippen LogP contribution in [0.2, 0.25) is 0 Å². The highest BCUT2D eigenvalue weighted by Crippen LogP contribution is 2.16. The molecular weight excluding hydrogens is 370 g/mol. The van der Waals surface area contributed by atoms with Gasteiger partial charge >= 0.3 is 0 Å². The molecule has 0 saturated carbocycles. The van der Waals surface area contributed by atoms with Crippen molar-refractivity contribution in [1.82, 2.24) is 21.1 Å². The first-order valence-corrected chi connectivity index (χ1v) is 10.0. The van der Waals surface area contributed by atoms with Crippen molar-refractivity contribution in [3.05, 3.63) is 46.8 Å². The zero-order valence-corrected chi connectivity index (χ0v) is 17.7. The van der Waals surface area contributed by atoms with Crippen molar-refractivity contribution in [2.45, 2.75) is 40.2 Å². The van der Waals surface area contributed by atoms with Crippen LogP contribution < -0.4 is 20.7 Å². The predicted molar refractivity (Wildman–Crippen MR) is 113 cm³/mol. The number of hydrogen-bond acceptors (Lipinski definition) is 5. The van der Waals surface area contributed by atoms with E-state index in [1.165, 1.54) is 0 Å². The van der Waals surface area contributed by atoms with Gasteiger partial charge in [0.15, 0.2) is 5.96 Å². The van der Waals surface area contributed by atoms with Crippen LogP contribution in [0.5, 0.6) is 5.75 Å². The number of carbonyl (C=O) groups excluding carboxylic acids is 1. The first-order chi connectivity index (χ1) is 14.1. The maximum Gasteiger partial charge on any atom is 0.251 e. The molecule has 1 aromatic heterocycles. The Labute approximate surface area is 172 Å². The second-order valence-electron chi connectivity index (χ2n) is 6.35. The van der Waals surface area contributed by atoms with E-state index in [0.29, 0.717) is 36.9 Å². The molecule has 0 atom stereocenters. The van der Waals surface area contributed by atoms with Crippen molar-refractivity contribution in [3.8, 4) is 5.75 Å². The van der Waals surface area contributed by atoms with Gasteiger partial charge < -0.3 is 25.2 Å². The molecule has 1 heterocycles. The van der Waals surface area contributed by atoms with Crippen LogP contribution in [0.4, 0.5) is 0 Å². The first kappa shape index (κ1) is 22.3. The van der Waals surface area contributed by atoms with Crippen LogP contribution in [0.15, 0.2) is 33.8 Å². The number of amides is 1. The summed E-state index contributed by atoms with van der Waals surface area (Å²) in [5.41, 5.74) is 2.57. The molecule has 1 aromatic carbocycles. The highest BCUT2D eigenvalue weighted by atomic mass is 16.5. The van der Waals surface area contributed by atoms with E-state index in [0.717, 1.165) is 36.4 Å². The molecule has 1 amide bonds. The fraction of sp³-hybridized carbons (Fsp3) is 0.476. The molecule has 0 bridgehead atoms. The Balaban J connectivity index is 1.88. The first-order valence-electron chi connectivity index (χ1n) is 10.0. The quantitative estimate of drug-likeness (QED) is 0.321. The number of benzene rings is 1. The van der Waals surface area contributed by atoms with Gasteiger partial charge in [-0.15, -0.1) is 0 Å². The van der Waals surface area contributed by atoms with Crippen molar-refractivity contribution in [3.63, 3.8) is 0 Å². The number of aryl methyl sites for hydroxylation is 2. The van der Waals surface area contributed by atoms with Gasteiger partial charge in [-0.2, -0.15) is 0 Å². The fourth-order valence-corrected chi connectivity index (χ4v) is 2.84. The normalized spacial score (nSPS) is 11.2. The average molecular weight is 402 g/mol. The molecule has 2 aromatic rings. The van der Waals surface area contributed by atoms with Gasteiger partial charge in [-0.1, -0.05) is 25.1 Å². The van der Waals surface area contributed by atoms with E-state index < -0.39 is 0 Å². The fourth-order valence-electron chi connectivity index (χ4n) is 2.84. The lowest BCUT2D eigenvalue weighted by Crippen LogP contribution is -2.41. The Morgan fingerprint density at radius 3 is 2.62 bits per heavy atom. The van der Waals surface area contributed by atoms with E-state index in [9.17, 15) is 4.79 Å². The second kappa shape index (κ2) is 11.7. The number of nitrogens with one attached hydrogen (secondary N) is 3. The zero-order chi connectivity index (χ0) is 21.1. The number of rotatable bonds is 10. The van der Waals surface area contributed by atoms with Gasteiger partial charge in [-0.25, -0.2) is 4.99 Å². The molecule has 158 valence electrons. The summed E-state index contributed by atoms with van der Waals surface area (Å²) in [5.74, 6) is 2.08. The van der Waals surface area contributed by atoms with Gasteiger partial charge in [0.2, 0.25) is 0 Å². The number of aromatic nitrogens is 1. The number of ether oxygens (including phenoxy) is 1. The number of guanidine groups is 1. The second-order valence-corrected chi connectivity index (χ2v) is 6.35. The highest BCUT2D eigenvalue weighted by molar-refractivity contribution is 5.94. The van der Waals surface area contributed by atoms with Crippen molar-refractivity contribution in [2.75, 3.05) is 26.7 Å². The van der Waals surface area contributed by atoms with Gasteiger partial charge in [-0.05, 0) is 31.5 Å². The predicted octanol–water partition coefficient (Wildman–Crippen LogP) is 2.29. The van der Waals surface area contributed by atoms with Crippen molar-refractivity contribution < 1.29 is 14.1 Å². The molecular formula is C21H31N5O3. The highest BCUT2D eigenvalue weighted by Gasteiger charge is 2.13. The Hall–Kier alpha value is -3.03. The standard InChI is InChI=1S/C21H31N5O3/c1-5-18-17(19(6-2)29-26-18)14-25-21(22-7-3)24-12-11-23-20(27)15-9-8-10-16(13-15)28-4/h8-10,13H,5-7,11-12,14H2,1-4H3,(H,23,27)(H2,22,24,25). The van der Waals surface area contributed by atoms with Crippen LogP contribution in [-0.2, 0) is 19.4 Å². The third-order valence-electron chi connectivity index (χ3n) is 4.38. The Kier molecular flexibility index (Phi) is 9.01. The zero-order valence-electron chi connectivity index (χ0n) is 17.7. The van der Waals surface area contributed by atoms with E-state index in [-0.39, 0.29) is 5.91 Å². The van der Waals surface area contributed by atoms with E-state index in [4.69, 9.17) is 9.26 Å². The minimum atomic E-state index is -0.141. The summed E-state index contributed by atoms with van der Waals surface area (Å²) in [6, 6.07) is 7.07. The molecule has 8 nitrogen and oxygen atoms in total. The third-order valence-corrected chi connectivity index (χ3v) is 4.38. The Morgan fingerprint density at radius 1 is 1.14 bits per heavy atom. The van der Waals surface area contributed by atoms with Gasteiger partial charge in [0.1, 0.15) is 11.5 Å². The maximum absolute atomic E-state index is 12.2.